The summed E-state index contributed by atoms with van der Waals surface area (Å²) >= 11 is 1.80. The third-order valence-corrected chi connectivity index (χ3v) is 6.35. The zero-order chi connectivity index (χ0) is 24.8. The van der Waals surface area contributed by atoms with Gasteiger partial charge in [0.05, 0.1) is 18.3 Å². The number of aryl methyl sites for hydroxylation is 1. The summed E-state index contributed by atoms with van der Waals surface area (Å²) in [6.07, 6.45) is 5.59. The van der Waals surface area contributed by atoms with Crippen LogP contribution in [0.15, 0.2) is 47.6 Å². The lowest BCUT2D eigenvalue weighted by Gasteiger charge is -2.14. The molecule has 0 aromatic heterocycles. The second kappa shape index (κ2) is 15.4. The van der Waals surface area contributed by atoms with Crippen LogP contribution >= 0.6 is 11.8 Å². The Kier molecular flexibility index (Phi) is 12.6. The van der Waals surface area contributed by atoms with Crippen LogP contribution in [0.5, 0.6) is 5.75 Å². The van der Waals surface area contributed by atoms with Crippen molar-refractivity contribution in [3.05, 3.63) is 70.4 Å². The Labute approximate surface area is 210 Å². The molecule has 2 aromatic carbocycles. The molecule has 0 saturated carbocycles. The van der Waals surface area contributed by atoms with Crippen LogP contribution < -0.4 is 10.1 Å². The van der Waals surface area contributed by atoms with E-state index >= 15 is 0 Å². The van der Waals surface area contributed by atoms with Crippen LogP contribution in [-0.2, 0) is 23.3 Å². The first-order chi connectivity index (χ1) is 16.5. The Balaban J connectivity index is 0.000000604. The van der Waals surface area contributed by atoms with Gasteiger partial charge in [0.2, 0.25) is 0 Å². The Bertz CT molecular complexity index is 1010. The molecule has 0 bridgehead atoms. The molecule has 0 spiro atoms. The average Bonchev–Trinajstić information content (AvgIpc) is 3.31. The molecule has 4 nitrogen and oxygen atoms in total. The van der Waals surface area contributed by atoms with Crippen molar-refractivity contribution in [3.63, 3.8) is 0 Å². The normalized spacial score (nSPS) is 12.4. The molecule has 0 atom stereocenters. The molecule has 0 saturated heterocycles. The highest BCUT2D eigenvalue weighted by atomic mass is 32.2. The van der Waals surface area contributed by atoms with E-state index < -0.39 is 0 Å². The molecular formula is C29H38N2O2S. The van der Waals surface area contributed by atoms with E-state index in [2.05, 4.69) is 59.2 Å². The molecule has 0 heterocycles. The number of methoxy groups -OCH3 is 1. The summed E-state index contributed by atoms with van der Waals surface area (Å²) < 4.78 is 10.6. The van der Waals surface area contributed by atoms with Crippen molar-refractivity contribution in [2.75, 3.05) is 27.3 Å². The van der Waals surface area contributed by atoms with Crippen LogP contribution in [0.1, 0.15) is 55.0 Å². The van der Waals surface area contributed by atoms with E-state index in [9.17, 15) is 0 Å². The number of nitrogens with zero attached hydrogens (tertiary/aromatic N) is 1. The van der Waals surface area contributed by atoms with E-state index in [4.69, 9.17) is 9.47 Å². The molecule has 1 aliphatic carbocycles. The van der Waals surface area contributed by atoms with Gasteiger partial charge in [0.15, 0.2) is 0 Å². The molecular weight excluding hydrogens is 440 g/mol. The third-order valence-electron chi connectivity index (χ3n) is 5.24. The summed E-state index contributed by atoms with van der Waals surface area (Å²) in [6.45, 7) is 11.3. The second-order valence-corrected chi connectivity index (χ2v) is 9.25. The van der Waals surface area contributed by atoms with Gasteiger partial charge in [0, 0.05) is 30.5 Å². The molecule has 34 heavy (non-hydrogen) atoms. The Morgan fingerprint density at radius 2 is 2.09 bits per heavy atom. The van der Waals surface area contributed by atoms with Crippen molar-refractivity contribution in [2.45, 2.75) is 51.9 Å². The Hall–Kier alpha value is -2.52. The fraction of sp³-hybridized carbons (Fsp3) is 0.414. The average molecular weight is 479 g/mol. The summed E-state index contributed by atoms with van der Waals surface area (Å²) in [4.78, 5) is 5.25. The van der Waals surface area contributed by atoms with Crippen molar-refractivity contribution in [2.24, 2.45) is 4.99 Å². The standard InChI is InChI=1S/C25H27NOS.C4H11NO/c1-5-8-21-15-19(13-14-24(21)27-18(2)3)17-28-25(16-26-4)23-12-7-10-20-9-6-11-22(20)23;1-5-3-4-6-2/h7,10,12-16,18H,4,6,9,11,17H2,1-3H3;5H,3-4H2,1-2H3/b25-16-;. The van der Waals surface area contributed by atoms with Crippen molar-refractivity contribution >= 4 is 23.4 Å². The maximum absolute atomic E-state index is 5.89. The van der Waals surface area contributed by atoms with E-state index in [1.54, 1.807) is 18.9 Å². The number of aliphatic imine (C=N–C) groups is 1. The number of benzene rings is 2. The van der Waals surface area contributed by atoms with E-state index in [-0.39, 0.29) is 6.10 Å². The van der Waals surface area contributed by atoms with Crippen molar-refractivity contribution < 1.29 is 9.47 Å². The predicted octanol–water partition coefficient (Wildman–Crippen LogP) is 6.12. The molecule has 0 amide bonds. The number of hydrogen-bond acceptors (Lipinski definition) is 5. The number of fused-ring (bicyclic) bond motifs is 1. The molecule has 1 N–H and O–H groups in total. The summed E-state index contributed by atoms with van der Waals surface area (Å²) in [7, 11) is 3.59. The maximum Gasteiger partial charge on any atom is 0.135 e. The topological polar surface area (TPSA) is 42.8 Å². The van der Waals surface area contributed by atoms with Crippen LogP contribution in [0, 0.1) is 11.8 Å². The van der Waals surface area contributed by atoms with Gasteiger partial charge in [0.1, 0.15) is 5.75 Å². The Morgan fingerprint density at radius 1 is 1.26 bits per heavy atom. The lowest BCUT2D eigenvalue weighted by Crippen LogP contribution is -2.12. The molecule has 0 unspecified atom stereocenters. The highest BCUT2D eigenvalue weighted by Crippen LogP contribution is 2.37. The summed E-state index contributed by atoms with van der Waals surface area (Å²) in [6, 6.07) is 12.9. The van der Waals surface area contributed by atoms with Gasteiger partial charge in [-0.05, 0) is 88.2 Å². The highest BCUT2D eigenvalue weighted by Gasteiger charge is 2.17. The zero-order valence-electron chi connectivity index (χ0n) is 21.2. The van der Waals surface area contributed by atoms with Crippen molar-refractivity contribution in [1.82, 2.24) is 5.32 Å². The molecule has 2 aromatic rings. The van der Waals surface area contributed by atoms with Crippen LogP contribution in [0.25, 0.3) is 4.91 Å². The fourth-order valence-corrected chi connectivity index (χ4v) is 4.74. The number of hydrogen-bond donors (Lipinski definition) is 1. The molecule has 0 radical (unpaired) electrons. The summed E-state index contributed by atoms with van der Waals surface area (Å²) in [5.74, 6) is 7.87. The first kappa shape index (κ1) is 27.7. The number of ether oxygens (including phenoxy) is 2. The van der Waals surface area contributed by atoms with E-state index in [1.807, 2.05) is 40.1 Å². The lowest BCUT2D eigenvalue weighted by atomic mass is 10.0. The largest absolute Gasteiger partial charge is 0.490 e. The highest BCUT2D eigenvalue weighted by molar-refractivity contribution is 8.07. The summed E-state index contributed by atoms with van der Waals surface area (Å²) in [5.41, 5.74) is 6.43. The van der Waals surface area contributed by atoms with Gasteiger partial charge < -0.3 is 14.8 Å². The number of rotatable bonds is 10. The van der Waals surface area contributed by atoms with Gasteiger partial charge in [-0.25, -0.2) is 0 Å². The number of likely N-dealkylation sites (N-methyl/N-ethyl adjacent to an activating group) is 1. The fourth-order valence-electron chi connectivity index (χ4n) is 3.74. The minimum atomic E-state index is 0.131. The lowest BCUT2D eigenvalue weighted by molar-refractivity contribution is 0.201. The molecule has 0 fully saturated rings. The van der Waals surface area contributed by atoms with Gasteiger partial charge in [-0.3, -0.25) is 4.99 Å². The van der Waals surface area contributed by atoms with Gasteiger partial charge in [0.25, 0.3) is 0 Å². The first-order valence-corrected chi connectivity index (χ1v) is 12.8. The van der Waals surface area contributed by atoms with E-state index in [0.29, 0.717) is 0 Å². The number of thioether (sulfide) groups is 1. The van der Waals surface area contributed by atoms with Crippen molar-refractivity contribution in [3.8, 4) is 17.6 Å². The van der Waals surface area contributed by atoms with E-state index in [1.165, 1.54) is 40.0 Å². The smallest absolute Gasteiger partial charge is 0.135 e. The third kappa shape index (κ3) is 8.68. The van der Waals surface area contributed by atoms with Crippen molar-refractivity contribution in [1.29, 1.82) is 0 Å². The Morgan fingerprint density at radius 3 is 2.74 bits per heavy atom. The SMILES string of the molecule is C=N/C=C(\SCc1ccc(OC(C)C)c(C#CC)c1)c1cccc2c1CCC2.CNCCOC. The predicted molar refractivity (Wildman–Crippen MR) is 148 cm³/mol. The van der Waals surface area contributed by atoms with Gasteiger partial charge in [-0.1, -0.05) is 30.2 Å². The molecule has 5 heteroatoms. The quantitative estimate of drug-likeness (QED) is 0.254. The zero-order valence-corrected chi connectivity index (χ0v) is 22.1. The molecule has 1 aliphatic rings. The number of nitrogens with one attached hydrogen (secondary N) is 1. The molecule has 182 valence electrons. The van der Waals surface area contributed by atoms with Crippen LogP contribution in [-0.4, -0.2) is 40.1 Å². The summed E-state index contributed by atoms with van der Waals surface area (Å²) in [5, 5.41) is 2.94. The van der Waals surface area contributed by atoms with E-state index in [0.717, 1.165) is 36.6 Å². The van der Waals surface area contributed by atoms with Gasteiger partial charge in [-0.2, -0.15) is 0 Å². The second-order valence-electron chi connectivity index (χ2n) is 8.23. The molecule has 3 rings (SSSR count). The van der Waals surface area contributed by atoms with Crippen LogP contribution in [0.4, 0.5) is 0 Å². The first-order valence-electron chi connectivity index (χ1n) is 11.8. The van der Waals surface area contributed by atoms with Crippen LogP contribution in [0.2, 0.25) is 0 Å². The minimum Gasteiger partial charge on any atom is -0.490 e. The molecule has 0 aliphatic heterocycles. The maximum atomic E-state index is 5.89. The van der Waals surface area contributed by atoms with Gasteiger partial charge >= 0.3 is 0 Å². The monoisotopic (exact) mass is 478 g/mol. The minimum absolute atomic E-state index is 0.131. The van der Waals surface area contributed by atoms with Crippen LogP contribution in [0.3, 0.4) is 0 Å². The van der Waals surface area contributed by atoms with Gasteiger partial charge in [-0.15, -0.1) is 17.7 Å².